The van der Waals surface area contributed by atoms with Crippen molar-refractivity contribution >= 4 is 11.7 Å². The Hall–Kier alpha value is -2.19. The summed E-state index contributed by atoms with van der Waals surface area (Å²) in [5.74, 6) is 2.15. The average Bonchev–Trinajstić information content (AvgIpc) is 3.17. The van der Waals surface area contributed by atoms with Crippen LogP contribution in [0.15, 0.2) is 23.0 Å². The number of anilines is 1. The van der Waals surface area contributed by atoms with Gasteiger partial charge in [-0.2, -0.15) is 0 Å². The number of amides is 1. The summed E-state index contributed by atoms with van der Waals surface area (Å²) < 4.78 is 7.04. The molecular formula is C17H26N6O2. The van der Waals surface area contributed by atoms with Crippen LogP contribution < -0.4 is 5.32 Å². The Labute approximate surface area is 147 Å². The number of aryl methyl sites for hydroxylation is 2. The third-order valence-corrected chi connectivity index (χ3v) is 4.87. The van der Waals surface area contributed by atoms with E-state index in [4.69, 9.17) is 4.52 Å². The van der Waals surface area contributed by atoms with Crippen molar-refractivity contribution < 1.29 is 9.32 Å². The van der Waals surface area contributed by atoms with Crippen LogP contribution in [0.4, 0.5) is 5.82 Å². The van der Waals surface area contributed by atoms with E-state index < -0.39 is 0 Å². The SMILES string of the molecule is Cc1cc(NC(=O)[C@@H](C)N2CCN(Cc3nccn3C)[C@@H](C)C2)no1. The Bertz CT molecular complexity index is 724. The van der Waals surface area contributed by atoms with Crippen LogP contribution in [0.3, 0.4) is 0 Å². The summed E-state index contributed by atoms with van der Waals surface area (Å²) in [6.07, 6.45) is 3.79. The van der Waals surface area contributed by atoms with E-state index in [1.807, 2.05) is 26.4 Å². The first-order chi connectivity index (χ1) is 11.9. The molecule has 8 nitrogen and oxygen atoms in total. The molecular weight excluding hydrogens is 320 g/mol. The fourth-order valence-corrected chi connectivity index (χ4v) is 3.16. The highest BCUT2D eigenvalue weighted by molar-refractivity contribution is 5.93. The highest BCUT2D eigenvalue weighted by Gasteiger charge is 2.30. The lowest BCUT2D eigenvalue weighted by Crippen LogP contribution is -2.56. The molecule has 1 amide bonds. The summed E-state index contributed by atoms with van der Waals surface area (Å²) >= 11 is 0. The maximum Gasteiger partial charge on any atom is 0.242 e. The van der Waals surface area contributed by atoms with Gasteiger partial charge < -0.3 is 14.4 Å². The number of rotatable bonds is 5. The lowest BCUT2D eigenvalue weighted by Gasteiger charge is -2.41. The zero-order valence-electron chi connectivity index (χ0n) is 15.3. The molecule has 1 saturated heterocycles. The van der Waals surface area contributed by atoms with Gasteiger partial charge in [-0.05, 0) is 20.8 Å². The zero-order valence-corrected chi connectivity index (χ0v) is 15.3. The van der Waals surface area contributed by atoms with E-state index in [1.54, 1.807) is 13.0 Å². The molecule has 1 aliphatic heterocycles. The van der Waals surface area contributed by atoms with Crippen LogP contribution in [0.2, 0.25) is 0 Å². The Morgan fingerprint density at radius 1 is 1.48 bits per heavy atom. The fourth-order valence-electron chi connectivity index (χ4n) is 3.16. The van der Waals surface area contributed by atoms with Gasteiger partial charge in [0, 0.05) is 51.2 Å². The van der Waals surface area contributed by atoms with Gasteiger partial charge in [-0.15, -0.1) is 0 Å². The third kappa shape index (κ3) is 4.08. The first kappa shape index (κ1) is 17.6. The van der Waals surface area contributed by atoms with Gasteiger partial charge in [0.1, 0.15) is 11.6 Å². The fraction of sp³-hybridized carbons (Fsp3) is 0.588. The van der Waals surface area contributed by atoms with Crippen LogP contribution in [-0.4, -0.2) is 62.1 Å². The third-order valence-electron chi connectivity index (χ3n) is 4.87. The van der Waals surface area contributed by atoms with E-state index in [0.717, 1.165) is 32.0 Å². The van der Waals surface area contributed by atoms with E-state index in [1.165, 1.54) is 0 Å². The molecule has 136 valence electrons. The Balaban J connectivity index is 1.54. The maximum absolute atomic E-state index is 12.4. The van der Waals surface area contributed by atoms with Gasteiger partial charge in [0.25, 0.3) is 0 Å². The monoisotopic (exact) mass is 346 g/mol. The van der Waals surface area contributed by atoms with Crippen LogP contribution >= 0.6 is 0 Å². The normalized spacial score (nSPS) is 20.6. The van der Waals surface area contributed by atoms with Crippen molar-refractivity contribution in [3.63, 3.8) is 0 Å². The summed E-state index contributed by atoms with van der Waals surface area (Å²) in [6.45, 7) is 9.36. The number of hydrogen-bond donors (Lipinski definition) is 1. The van der Waals surface area contributed by atoms with Crippen LogP contribution in [0.5, 0.6) is 0 Å². The number of nitrogens with one attached hydrogen (secondary N) is 1. The van der Waals surface area contributed by atoms with Crippen LogP contribution in [0, 0.1) is 6.92 Å². The average molecular weight is 346 g/mol. The number of imidazole rings is 1. The predicted octanol–water partition coefficient (Wildman–Crippen LogP) is 1.25. The number of carbonyl (C=O) groups excluding carboxylic acids is 1. The van der Waals surface area contributed by atoms with Gasteiger partial charge in [-0.1, -0.05) is 5.16 Å². The first-order valence-electron chi connectivity index (χ1n) is 8.62. The lowest BCUT2D eigenvalue weighted by molar-refractivity contribution is -0.122. The second-order valence-corrected chi connectivity index (χ2v) is 6.76. The summed E-state index contributed by atoms with van der Waals surface area (Å²) in [4.78, 5) is 21.5. The quantitative estimate of drug-likeness (QED) is 0.878. The largest absolute Gasteiger partial charge is 0.360 e. The molecule has 2 atom stereocenters. The highest BCUT2D eigenvalue weighted by Crippen LogP contribution is 2.16. The molecule has 25 heavy (non-hydrogen) atoms. The summed E-state index contributed by atoms with van der Waals surface area (Å²) in [5.41, 5.74) is 0. The minimum atomic E-state index is -0.213. The summed E-state index contributed by atoms with van der Waals surface area (Å²) in [5, 5.41) is 6.63. The van der Waals surface area contributed by atoms with E-state index in [0.29, 0.717) is 17.6 Å². The first-order valence-corrected chi connectivity index (χ1v) is 8.62. The number of nitrogens with zero attached hydrogens (tertiary/aromatic N) is 5. The molecule has 0 unspecified atom stereocenters. The molecule has 3 rings (SSSR count). The van der Waals surface area contributed by atoms with Gasteiger partial charge in [-0.3, -0.25) is 14.6 Å². The van der Waals surface area contributed by atoms with Crippen molar-refractivity contribution in [2.45, 2.75) is 39.4 Å². The van der Waals surface area contributed by atoms with Crippen molar-refractivity contribution in [1.82, 2.24) is 24.5 Å². The van der Waals surface area contributed by atoms with Crippen molar-refractivity contribution in [2.24, 2.45) is 7.05 Å². The maximum atomic E-state index is 12.4. The van der Waals surface area contributed by atoms with Crippen molar-refractivity contribution in [3.05, 3.63) is 30.0 Å². The van der Waals surface area contributed by atoms with Crippen molar-refractivity contribution in [1.29, 1.82) is 0 Å². The molecule has 1 N–H and O–H groups in total. The Morgan fingerprint density at radius 2 is 2.28 bits per heavy atom. The van der Waals surface area contributed by atoms with Crippen LogP contribution in [0.1, 0.15) is 25.4 Å². The standard InChI is InChI=1S/C17H26N6O2/c1-12-10-23(8-7-22(12)11-16-18-5-6-21(16)4)14(3)17(24)19-15-9-13(2)25-20-15/h5-6,9,12,14H,7-8,10-11H2,1-4H3,(H,19,20,24)/t12-,14+/m0/s1. The number of hydrogen-bond acceptors (Lipinski definition) is 6. The summed E-state index contributed by atoms with van der Waals surface area (Å²) in [6, 6.07) is 1.86. The van der Waals surface area contributed by atoms with E-state index in [-0.39, 0.29) is 11.9 Å². The second-order valence-electron chi connectivity index (χ2n) is 6.76. The molecule has 0 radical (unpaired) electrons. The van der Waals surface area contributed by atoms with Gasteiger partial charge in [-0.25, -0.2) is 4.98 Å². The number of piperazine rings is 1. The second kappa shape index (κ2) is 7.37. The Morgan fingerprint density at radius 3 is 2.88 bits per heavy atom. The number of carbonyl (C=O) groups is 1. The molecule has 0 bridgehead atoms. The van der Waals surface area contributed by atoms with Gasteiger partial charge in [0.05, 0.1) is 12.6 Å². The Kier molecular flexibility index (Phi) is 5.19. The van der Waals surface area contributed by atoms with Crippen molar-refractivity contribution in [3.8, 4) is 0 Å². The topological polar surface area (TPSA) is 79.4 Å². The van der Waals surface area contributed by atoms with Crippen LogP contribution in [0.25, 0.3) is 0 Å². The zero-order chi connectivity index (χ0) is 18.0. The molecule has 2 aromatic rings. The summed E-state index contributed by atoms with van der Waals surface area (Å²) in [7, 11) is 2.02. The van der Waals surface area contributed by atoms with Crippen molar-refractivity contribution in [2.75, 3.05) is 25.0 Å². The van der Waals surface area contributed by atoms with E-state index in [2.05, 4.69) is 36.7 Å². The highest BCUT2D eigenvalue weighted by atomic mass is 16.5. The molecule has 3 heterocycles. The molecule has 0 aliphatic carbocycles. The van der Waals surface area contributed by atoms with E-state index >= 15 is 0 Å². The minimum Gasteiger partial charge on any atom is -0.360 e. The molecule has 0 spiro atoms. The van der Waals surface area contributed by atoms with Gasteiger partial charge in [0.15, 0.2) is 5.82 Å². The minimum absolute atomic E-state index is 0.0574. The molecule has 0 saturated carbocycles. The number of aromatic nitrogens is 3. The van der Waals surface area contributed by atoms with Crippen LogP contribution in [-0.2, 0) is 18.4 Å². The molecule has 8 heteroatoms. The molecule has 1 aliphatic rings. The molecule has 1 fully saturated rings. The van der Waals surface area contributed by atoms with Gasteiger partial charge in [0.2, 0.25) is 5.91 Å². The van der Waals surface area contributed by atoms with Gasteiger partial charge >= 0.3 is 0 Å². The molecule has 2 aromatic heterocycles. The van der Waals surface area contributed by atoms with E-state index in [9.17, 15) is 4.79 Å². The molecule has 0 aromatic carbocycles. The smallest absolute Gasteiger partial charge is 0.242 e. The lowest BCUT2D eigenvalue weighted by atomic mass is 10.1. The predicted molar refractivity (Wildman–Crippen MR) is 94.0 cm³/mol.